The maximum atomic E-state index is 9.38. The van der Waals surface area contributed by atoms with Crippen molar-refractivity contribution in [1.82, 2.24) is 5.32 Å². The normalized spacial score (nSPS) is 38.1. The molecular weight excluding hydrogens is 202 g/mol. The lowest BCUT2D eigenvalue weighted by molar-refractivity contribution is -0.136. The molecule has 1 aliphatic heterocycles. The number of aliphatic hydroxyl groups is 1. The number of hydrogen-bond donors (Lipinski definition) is 2. The molecule has 0 radical (unpaired) electrons. The van der Waals surface area contributed by atoms with E-state index in [1.165, 1.54) is 19.3 Å². The zero-order valence-electron chi connectivity index (χ0n) is 10.5. The smallest absolute Gasteiger partial charge is 0.0579 e. The van der Waals surface area contributed by atoms with Crippen molar-refractivity contribution in [1.29, 1.82) is 0 Å². The second-order valence-corrected chi connectivity index (χ2v) is 5.94. The Bertz CT molecular complexity index is 212. The Labute approximate surface area is 98.6 Å². The zero-order valence-corrected chi connectivity index (χ0v) is 10.5. The summed E-state index contributed by atoms with van der Waals surface area (Å²) in [5, 5.41) is 13.1. The van der Waals surface area contributed by atoms with E-state index in [-0.39, 0.29) is 12.0 Å². The predicted octanol–water partition coefficient (Wildman–Crippen LogP) is 1.41. The van der Waals surface area contributed by atoms with Crippen LogP contribution in [0.2, 0.25) is 0 Å². The van der Waals surface area contributed by atoms with Crippen molar-refractivity contribution in [3.63, 3.8) is 0 Å². The van der Waals surface area contributed by atoms with Crippen molar-refractivity contribution in [2.45, 2.75) is 39.2 Å². The summed E-state index contributed by atoms with van der Waals surface area (Å²) in [6, 6.07) is 0.623. The van der Waals surface area contributed by atoms with Crippen molar-refractivity contribution in [2.75, 3.05) is 26.4 Å². The van der Waals surface area contributed by atoms with Crippen LogP contribution in [0.3, 0.4) is 0 Å². The molecule has 2 N–H and O–H groups in total. The minimum Gasteiger partial charge on any atom is -0.396 e. The third-order valence-electron chi connectivity index (χ3n) is 4.41. The Hall–Kier alpha value is -0.120. The topological polar surface area (TPSA) is 41.5 Å². The molecule has 1 saturated carbocycles. The van der Waals surface area contributed by atoms with Crippen LogP contribution in [0.25, 0.3) is 0 Å². The molecule has 0 aromatic carbocycles. The number of nitrogens with one attached hydrogen (secondary N) is 1. The second-order valence-electron chi connectivity index (χ2n) is 5.94. The number of rotatable bonds is 4. The lowest BCUT2D eigenvalue weighted by Crippen LogP contribution is -2.56. The molecule has 16 heavy (non-hydrogen) atoms. The molecule has 2 fully saturated rings. The van der Waals surface area contributed by atoms with Crippen molar-refractivity contribution in [3.8, 4) is 0 Å². The minimum absolute atomic E-state index is 0.0108. The Morgan fingerprint density at radius 2 is 1.88 bits per heavy atom. The highest BCUT2D eigenvalue weighted by Gasteiger charge is 2.39. The fourth-order valence-corrected chi connectivity index (χ4v) is 3.06. The fourth-order valence-electron chi connectivity index (χ4n) is 3.06. The van der Waals surface area contributed by atoms with Crippen molar-refractivity contribution < 1.29 is 9.84 Å². The monoisotopic (exact) mass is 227 g/mol. The average Bonchev–Trinajstić information content (AvgIpc) is 2.20. The molecule has 0 aromatic heterocycles. The Morgan fingerprint density at radius 3 is 2.31 bits per heavy atom. The number of hydrogen-bond acceptors (Lipinski definition) is 3. The standard InChI is InChI=1S/C13H25NO2/c1-10-4-3-5-11(2)12(10)14-6-13(7-15)8-16-9-13/h10-12,14-15H,3-9H2,1-2H3. The van der Waals surface area contributed by atoms with Crippen LogP contribution in [0.5, 0.6) is 0 Å². The first-order valence-electron chi connectivity index (χ1n) is 6.59. The van der Waals surface area contributed by atoms with E-state index >= 15 is 0 Å². The highest BCUT2D eigenvalue weighted by Crippen LogP contribution is 2.31. The Kier molecular flexibility index (Phi) is 3.88. The van der Waals surface area contributed by atoms with E-state index in [9.17, 15) is 5.11 Å². The van der Waals surface area contributed by atoms with Crippen molar-refractivity contribution in [3.05, 3.63) is 0 Å². The summed E-state index contributed by atoms with van der Waals surface area (Å²) in [6.07, 6.45) is 4.05. The van der Waals surface area contributed by atoms with Gasteiger partial charge in [-0.05, 0) is 24.7 Å². The fraction of sp³-hybridized carbons (Fsp3) is 1.00. The summed E-state index contributed by atoms with van der Waals surface area (Å²) >= 11 is 0. The third kappa shape index (κ3) is 2.41. The van der Waals surface area contributed by atoms with Gasteiger partial charge >= 0.3 is 0 Å². The SMILES string of the molecule is CC1CCCC(C)C1NCC1(CO)COC1. The lowest BCUT2D eigenvalue weighted by atomic mass is 9.77. The first-order chi connectivity index (χ1) is 7.67. The summed E-state index contributed by atoms with van der Waals surface area (Å²) in [6.45, 7) is 7.27. The summed E-state index contributed by atoms with van der Waals surface area (Å²) in [7, 11) is 0. The molecule has 0 bridgehead atoms. The Morgan fingerprint density at radius 1 is 1.25 bits per heavy atom. The predicted molar refractivity (Wildman–Crippen MR) is 64.3 cm³/mol. The van der Waals surface area contributed by atoms with E-state index in [1.807, 2.05) is 0 Å². The Balaban J connectivity index is 1.83. The van der Waals surface area contributed by atoms with E-state index in [4.69, 9.17) is 4.74 Å². The van der Waals surface area contributed by atoms with Gasteiger partial charge in [0.25, 0.3) is 0 Å². The van der Waals surface area contributed by atoms with Gasteiger partial charge in [0.15, 0.2) is 0 Å². The van der Waals surface area contributed by atoms with Gasteiger partial charge in [0, 0.05) is 12.6 Å². The highest BCUT2D eigenvalue weighted by atomic mass is 16.5. The molecule has 2 unspecified atom stereocenters. The summed E-state index contributed by atoms with van der Waals surface area (Å²) in [5.41, 5.74) is 0.0108. The molecule has 1 heterocycles. The largest absolute Gasteiger partial charge is 0.396 e. The molecular formula is C13H25NO2. The van der Waals surface area contributed by atoms with Crippen LogP contribution in [-0.4, -0.2) is 37.5 Å². The number of ether oxygens (including phenoxy) is 1. The van der Waals surface area contributed by atoms with E-state index in [0.717, 1.165) is 18.4 Å². The van der Waals surface area contributed by atoms with Crippen LogP contribution in [0.4, 0.5) is 0 Å². The molecule has 1 aliphatic carbocycles. The van der Waals surface area contributed by atoms with Gasteiger partial charge in [0.2, 0.25) is 0 Å². The molecule has 2 atom stereocenters. The minimum atomic E-state index is 0.0108. The maximum absolute atomic E-state index is 9.38. The van der Waals surface area contributed by atoms with Crippen LogP contribution in [0, 0.1) is 17.3 Å². The molecule has 3 nitrogen and oxygen atoms in total. The van der Waals surface area contributed by atoms with Gasteiger partial charge in [-0.25, -0.2) is 0 Å². The first-order valence-corrected chi connectivity index (χ1v) is 6.59. The van der Waals surface area contributed by atoms with Gasteiger partial charge in [-0.1, -0.05) is 20.3 Å². The molecule has 0 amide bonds. The van der Waals surface area contributed by atoms with Gasteiger partial charge < -0.3 is 15.2 Å². The third-order valence-corrected chi connectivity index (χ3v) is 4.41. The van der Waals surface area contributed by atoms with Crippen LogP contribution in [0.1, 0.15) is 33.1 Å². The van der Waals surface area contributed by atoms with Gasteiger partial charge in [0.1, 0.15) is 0 Å². The van der Waals surface area contributed by atoms with E-state index in [1.54, 1.807) is 0 Å². The first kappa shape index (κ1) is 12.3. The molecule has 2 aliphatic rings. The van der Waals surface area contributed by atoms with Crippen molar-refractivity contribution >= 4 is 0 Å². The molecule has 1 saturated heterocycles. The molecule has 0 spiro atoms. The molecule has 3 heteroatoms. The molecule has 0 aromatic rings. The lowest BCUT2D eigenvalue weighted by Gasteiger charge is -2.43. The molecule has 94 valence electrons. The van der Waals surface area contributed by atoms with Gasteiger partial charge in [-0.3, -0.25) is 0 Å². The van der Waals surface area contributed by atoms with Crippen LogP contribution in [-0.2, 0) is 4.74 Å². The van der Waals surface area contributed by atoms with Gasteiger partial charge in [-0.2, -0.15) is 0 Å². The van der Waals surface area contributed by atoms with E-state index in [0.29, 0.717) is 19.3 Å². The maximum Gasteiger partial charge on any atom is 0.0579 e. The quantitative estimate of drug-likeness (QED) is 0.763. The van der Waals surface area contributed by atoms with Crippen LogP contribution in [0.15, 0.2) is 0 Å². The van der Waals surface area contributed by atoms with E-state index in [2.05, 4.69) is 19.2 Å². The van der Waals surface area contributed by atoms with Crippen LogP contribution < -0.4 is 5.32 Å². The van der Waals surface area contributed by atoms with Crippen LogP contribution >= 0.6 is 0 Å². The highest BCUT2D eigenvalue weighted by molar-refractivity contribution is 4.91. The zero-order chi connectivity index (χ0) is 11.6. The summed E-state index contributed by atoms with van der Waals surface area (Å²) in [4.78, 5) is 0. The summed E-state index contributed by atoms with van der Waals surface area (Å²) in [5.74, 6) is 1.53. The number of aliphatic hydroxyl groups excluding tert-OH is 1. The second kappa shape index (κ2) is 5.03. The molecule has 2 rings (SSSR count). The summed E-state index contributed by atoms with van der Waals surface area (Å²) < 4.78 is 5.22. The van der Waals surface area contributed by atoms with E-state index < -0.39 is 0 Å². The van der Waals surface area contributed by atoms with Crippen molar-refractivity contribution in [2.24, 2.45) is 17.3 Å². The van der Waals surface area contributed by atoms with Gasteiger partial charge in [-0.15, -0.1) is 0 Å². The van der Waals surface area contributed by atoms with Gasteiger partial charge in [0.05, 0.1) is 25.2 Å². The average molecular weight is 227 g/mol.